The van der Waals surface area contributed by atoms with Crippen LogP contribution in [0.4, 0.5) is 4.79 Å². The van der Waals surface area contributed by atoms with Crippen LogP contribution in [0.25, 0.3) is 0 Å². The number of hydrogen-bond donors (Lipinski definition) is 1. The molecule has 2 heterocycles. The number of ether oxygens (including phenoxy) is 2. The largest absolute Gasteiger partial charge is 0.494 e. The van der Waals surface area contributed by atoms with E-state index >= 15 is 0 Å². The monoisotopic (exact) mass is 445 g/mol. The smallest absolute Gasteiger partial charge is 0.410 e. The summed E-state index contributed by atoms with van der Waals surface area (Å²) >= 11 is 0. The van der Waals surface area contributed by atoms with Crippen molar-refractivity contribution in [1.29, 1.82) is 0 Å². The third-order valence-corrected chi connectivity index (χ3v) is 5.02. The predicted molar refractivity (Wildman–Crippen MR) is 112 cm³/mol. The number of piperidine rings is 1. The van der Waals surface area contributed by atoms with E-state index in [0.717, 1.165) is 4.90 Å². The number of nitrogens with one attached hydrogen (secondary N) is 1. The molecule has 0 bridgehead atoms. The normalized spacial score (nSPS) is 18.4. The molecule has 1 N–H and O–H groups in total. The van der Waals surface area contributed by atoms with Crippen molar-refractivity contribution in [1.82, 2.24) is 15.1 Å². The van der Waals surface area contributed by atoms with Crippen molar-refractivity contribution in [3.8, 4) is 5.75 Å². The first kappa shape index (κ1) is 23.2. The van der Waals surface area contributed by atoms with Crippen molar-refractivity contribution >= 4 is 29.7 Å². The molecule has 1 aromatic carbocycles. The van der Waals surface area contributed by atoms with Gasteiger partial charge in [-0.05, 0) is 51.8 Å². The maximum atomic E-state index is 12.8. The number of fused-ring (bicyclic) bond motifs is 1. The van der Waals surface area contributed by atoms with Gasteiger partial charge in [-0.1, -0.05) is 0 Å². The van der Waals surface area contributed by atoms with Gasteiger partial charge in [0.05, 0.1) is 17.7 Å². The van der Waals surface area contributed by atoms with E-state index in [1.807, 2.05) is 0 Å². The van der Waals surface area contributed by atoms with Crippen molar-refractivity contribution in [2.24, 2.45) is 0 Å². The van der Waals surface area contributed by atoms with E-state index in [-0.39, 0.29) is 30.6 Å². The van der Waals surface area contributed by atoms with Crippen LogP contribution in [0, 0.1) is 0 Å². The molecule has 0 aliphatic carbocycles. The molecule has 10 heteroatoms. The van der Waals surface area contributed by atoms with Gasteiger partial charge in [0.1, 0.15) is 17.4 Å². The molecule has 1 fully saturated rings. The third-order valence-electron chi connectivity index (χ3n) is 5.02. The highest BCUT2D eigenvalue weighted by Crippen LogP contribution is 2.30. The van der Waals surface area contributed by atoms with Gasteiger partial charge in [-0.3, -0.25) is 29.4 Å². The Bertz CT molecular complexity index is 967. The van der Waals surface area contributed by atoms with Gasteiger partial charge in [-0.25, -0.2) is 4.79 Å². The molecule has 0 spiro atoms. The lowest BCUT2D eigenvalue weighted by atomic mass is 10.0. The lowest BCUT2D eigenvalue weighted by Gasteiger charge is -2.27. The van der Waals surface area contributed by atoms with Crippen molar-refractivity contribution in [3.05, 3.63) is 29.3 Å². The zero-order valence-electron chi connectivity index (χ0n) is 18.6. The van der Waals surface area contributed by atoms with Gasteiger partial charge < -0.3 is 14.4 Å². The second kappa shape index (κ2) is 8.97. The molecule has 1 saturated heterocycles. The van der Waals surface area contributed by atoms with Crippen LogP contribution < -0.4 is 10.1 Å². The topological polar surface area (TPSA) is 122 Å². The molecule has 3 rings (SSSR count). The van der Waals surface area contributed by atoms with Crippen molar-refractivity contribution in [2.45, 2.75) is 51.7 Å². The zero-order chi connectivity index (χ0) is 23.6. The van der Waals surface area contributed by atoms with E-state index < -0.39 is 41.4 Å². The summed E-state index contributed by atoms with van der Waals surface area (Å²) in [6.07, 6.45) is 0.274. The average Bonchev–Trinajstić information content (AvgIpc) is 2.94. The highest BCUT2D eigenvalue weighted by atomic mass is 16.6. The van der Waals surface area contributed by atoms with Gasteiger partial charge in [0.2, 0.25) is 11.8 Å². The molecular weight excluding hydrogens is 418 g/mol. The van der Waals surface area contributed by atoms with Crippen LogP contribution in [0.15, 0.2) is 18.2 Å². The summed E-state index contributed by atoms with van der Waals surface area (Å²) in [5, 5.41) is 2.16. The van der Waals surface area contributed by atoms with E-state index in [0.29, 0.717) is 18.7 Å². The molecular formula is C22H27N3O7. The molecule has 10 nitrogen and oxygen atoms in total. The Morgan fingerprint density at radius 1 is 1.16 bits per heavy atom. The standard InChI is InChI=1S/C22H27N3O7/c1-22(2,3)32-21(30)24(4)10-5-11-31-13-6-7-14-15(12-13)20(29)25(19(14)28)16-8-9-17(26)23-18(16)27/h6-7,12,16H,5,8-11H2,1-4H3,(H,23,26,27). The minimum absolute atomic E-state index is 0.0654. The molecule has 0 radical (unpaired) electrons. The Labute approximate surface area is 185 Å². The number of amides is 5. The Kier molecular flexibility index (Phi) is 6.52. The summed E-state index contributed by atoms with van der Waals surface area (Å²) in [5.41, 5.74) is -0.224. The number of hydrogen-bond acceptors (Lipinski definition) is 7. The summed E-state index contributed by atoms with van der Waals surface area (Å²) in [6, 6.07) is 3.53. The Morgan fingerprint density at radius 3 is 2.50 bits per heavy atom. The van der Waals surface area contributed by atoms with Gasteiger partial charge >= 0.3 is 6.09 Å². The lowest BCUT2D eigenvalue weighted by Crippen LogP contribution is -2.54. The van der Waals surface area contributed by atoms with Gasteiger partial charge in [0.15, 0.2) is 0 Å². The maximum Gasteiger partial charge on any atom is 0.410 e. The molecule has 32 heavy (non-hydrogen) atoms. The van der Waals surface area contributed by atoms with Crippen LogP contribution in [-0.4, -0.2) is 71.4 Å². The van der Waals surface area contributed by atoms with Gasteiger partial charge in [0, 0.05) is 20.0 Å². The van der Waals surface area contributed by atoms with Gasteiger partial charge in [-0.15, -0.1) is 0 Å². The van der Waals surface area contributed by atoms with Crippen molar-refractivity contribution in [2.75, 3.05) is 20.2 Å². The Balaban J connectivity index is 1.57. The number of nitrogens with zero attached hydrogens (tertiary/aromatic N) is 2. The molecule has 5 amide bonds. The summed E-state index contributed by atoms with van der Waals surface area (Å²) in [7, 11) is 1.64. The van der Waals surface area contributed by atoms with Crippen LogP contribution in [0.3, 0.4) is 0 Å². The first-order chi connectivity index (χ1) is 15.0. The highest BCUT2D eigenvalue weighted by molar-refractivity contribution is 6.23. The van der Waals surface area contributed by atoms with E-state index in [1.165, 1.54) is 17.0 Å². The number of rotatable bonds is 6. The average molecular weight is 445 g/mol. The maximum absolute atomic E-state index is 12.8. The molecule has 1 aromatic rings. The summed E-state index contributed by atoms with van der Waals surface area (Å²) < 4.78 is 11.0. The van der Waals surface area contributed by atoms with Crippen LogP contribution in [0.1, 0.15) is 60.7 Å². The lowest BCUT2D eigenvalue weighted by molar-refractivity contribution is -0.136. The second-order valence-electron chi connectivity index (χ2n) is 8.76. The van der Waals surface area contributed by atoms with Gasteiger partial charge in [0.25, 0.3) is 11.8 Å². The van der Waals surface area contributed by atoms with Crippen LogP contribution in [-0.2, 0) is 14.3 Å². The van der Waals surface area contributed by atoms with E-state index in [2.05, 4.69) is 5.32 Å². The molecule has 172 valence electrons. The Hall–Kier alpha value is -3.43. The number of carbonyl (C=O) groups is 5. The fourth-order valence-corrected chi connectivity index (χ4v) is 3.46. The number of imide groups is 2. The molecule has 1 atom stereocenters. The third kappa shape index (κ3) is 5.06. The van der Waals surface area contributed by atoms with E-state index in [9.17, 15) is 24.0 Å². The summed E-state index contributed by atoms with van der Waals surface area (Å²) in [5.74, 6) is -1.83. The minimum atomic E-state index is -1.01. The quantitative estimate of drug-likeness (QED) is 0.523. The van der Waals surface area contributed by atoms with E-state index in [1.54, 1.807) is 33.9 Å². The van der Waals surface area contributed by atoms with Crippen LogP contribution in [0.5, 0.6) is 5.75 Å². The van der Waals surface area contributed by atoms with Crippen molar-refractivity contribution in [3.63, 3.8) is 0 Å². The molecule has 0 aromatic heterocycles. The van der Waals surface area contributed by atoms with Crippen LogP contribution >= 0.6 is 0 Å². The molecule has 1 unspecified atom stereocenters. The molecule has 2 aliphatic heterocycles. The number of benzene rings is 1. The summed E-state index contributed by atoms with van der Waals surface area (Å²) in [4.78, 5) is 63.3. The summed E-state index contributed by atoms with van der Waals surface area (Å²) in [6.45, 7) is 6.08. The Morgan fingerprint density at radius 2 is 1.84 bits per heavy atom. The first-order valence-corrected chi connectivity index (χ1v) is 10.4. The zero-order valence-corrected chi connectivity index (χ0v) is 18.6. The fourth-order valence-electron chi connectivity index (χ4n) is 3.46. The van der Waals surface area contributed by atoms with Crippen LogP contribution in [0.2, 0.25) is 0 Å². The second-order valence-corrected chi connectivity index (χ2v) is 8.76. The highest BCUT2D eigenvalue weighted by Gasteiger charge is 2.44. The van der Waals surface area contributed by atoms with Crippen molar-refractivity contribution < 1.29 is 33.4 Å². The molecule has 0 saturated carbocycles. The SMILES string of the molecule is CN(CCCOc1ccc2c(c1)C(=O)N(C1CCC(=O)NC1=O)C2=O)C(=O)OC(C)(C)C. The minimum Gasteiger partial charge on any atom is -0.494 e. The first-order valence-electron chi connectivity index (χ1n) is 10.4. The fraction of sp³-hybridized carbons (Fsp3) is 0.500. The predicted octanol–water partition coefficient (Wildman–Crippen LogP) is 1.72. The van der Waals surface area contributed by atoms with E-state index in [4.69, 9.17) is 9.47 Å². The van der Waals surface area contributed by atoms with Gasteiger partial charge in [-0.2, -0.15) is 0 Å². The molecule has 2 aliphatic rings. The number of carbonyl (C=O) groups excluding carboxylic acids is 5.